The van der Waals surface area contributed by atoms with Gasteiger partial charge in [-0.1, -0.05) is 23.2 Å². The number of hydrogen-bond donors (Lipinski definition) is 1. The highest BCUT2D eigenvalue weighted by Gasteiger charge is 2.16. The molecular formula is C15H12Cl2FNO2. The maximum atomic E-state index is 12.9. The molecule has 6 heteroatoms. The van der Waals surface area contributed by atoms with E-state index in [0.29, 0.717) is 10.7 Å². The lowest BCUT2D eigenvalue weighted by Crippen LogP contribution is -2.30. The summed E-state index contributed by atoms with van der Waals surface area (Å²) in [5.74, 6) is -0.569. The largest absolute Gasteiger partial charge is 0.479 e. The van der Waals surface area contributed by atoms with Crippen LogP contribution in [0, 0.1) is 5.82 Å². The van der Waals surface area contributed by atoms with Crippen molar-refractivity contribution in [2.45, 2.75) is 13.0 Å². The van der Waals surface area contributed by atoms with Crippen LogP contribution in [0.5, 0.6) is 5.75 Å². The first-order valence-electron chi connectivity index (χ1n) is 6.14. The minimum Gasteiger partial charge on any atom is -0.479 e. The molecule has 0 heterocycles. The number of nitrogens with one attached hydrogen (secondary N) is 1. The number of halogens is 3. The van der Waals surface area contributed by atoms with Crippen LogP contribution in [0.3, 0.4) is 0 Å². The van der Waals surface area contributed by atoms with Crippen molar-refractivity contribution in [1.82, 2.24) is 0 Å². The lowest BCUT2D eigenvalue weighted by molar-refractivity contribution is -0.122. The van der Waals surface area contributed by atoms with Crippen LogP contribution in [0.1, 0.15) is 6.92 Å². The Hall–Kier alpha value is -1.78. The molecular weight excluding hydrogens is 316 g/mol. The van der Waals surface area contributed by atoms with E-state index >= 15 is 0 Å². The Labute approximate surface area is 131 Å². The van der Waals surface area contributed by atoms with Crippen molar-refractivity contribution in [3.8, 4) is 5.75 Å². The molecule has 0 aliphatic carbocycles. The van der Waals surface area contributed by atoms with Gasteiger partial charge in [-0.25, -0.2) is 4.39 Å². The zero-order valence-corrected chi connectivity index (χ0v) is 12.6. The van der Waals surface area contributed by atoms with Gasteiger partial charge in [-0.05, 0) is 49.4 Å². The van der Waals surface area contributed by atoms with E-state index in [9.17, 15) is 9.18 Å². The Kier molecular flexibility index (Phi) is 5.04. The summed E-state index contributed by atoms with van der Waals surface area (Å²) in [5, 5.41) is 3.37. The van der Waals surface area contributed by atoms with Crippen LogP contribution in [-0.4, -0.2) is 12.0 Å². The number of anilines is 1. The molecule has 0 bridgehead atoms. The van der Waals surface area contributed by atoms with Gasteiger partial charge in [0.15, 0.2) is 6.10 Å². The Bertz CT molecular complexity index is 647. The smallest absolute Gasteiger partial charge is 0.265 e. The summed E-state index contributed by atoms with van der Waals surface area (Å²) in [6.07, 6.45) is -0.788. The van der Waals surface area contributed by atoms with Crippen LogP contribution in [0.2, 0.25) is 10.0 Å². The predicted molar refractivity (Wildman–Crippen MR) is 81.6 cm³/mol. The fourth-order valence-corrected chi connectivity index (χ4v) is 1.93. The van der Waals surface area contributed by atoms with Gasteiger partial charge in [0.05, 0.1) is 5.02 Å². The highest BCUT2D eigenvalue weighted by atomic mass is 35.5. The molecule has 1 N–H and O–H groups in total. The molecule has 0 spiro atoms. The number of amides is 1. The summed E-state index contributed by atoms with van der Waals surface area (Å²) in [6, 6.07) is 10.4. The summed E-state index contributed by atoms with van der Waals surface area (Å²) in [4.78, 5) is 12.0. The van der Waals surface area contributed by atoms with Crippen molar-refractivity contribution in [1.29, 1.82) is 0 Å². The molecule has 0 radical (unpaired) electrons. The lowest BCUT2D eigenvalue weighted by Gasteiger charge is -2.15. The van der Waals surface area contributed by atoms with E-state index in [1.165, 1.54) is 12.1 Å². The van der Waals surface area contributed by atoms with Gasteiger partial charge in [-0.15, -0.1) is 0 Å². The van der Waals surface area contributed by atoms with Crippen molar-refractivity contribution in [2.24, 2.45) is 0 Å². The van der Waals surface area contributed by atoms with Gasteiger partial charge in [-0.3, -0.25) is 4.79 Å². The Morgan fingerprint density at radius 1 is 1.19 bits per heavy atom. The van der Waals surface area contributed by atoms with Gasteiger partial charge >= 0.3 is 0 Å². The normalized spacial score (nSPS) is 11.8. The highest BCUT2D eigenvalue weighted by Crippen LogP contribution is 2.26. The number of hydrogen-bond acceptors (Lipinski definition) is 2. The Balaban J connectivity index is 2.00. The number of ether oxygens (including phenoxy) is 1. The molecule has 1 amide bonds. The first-order valence-corrected chi connectivity index (χ1v) is 6.89. The van der Waals surface area contributed by atoms with Crippen molar-refractivity contribution in [3.63, 3.8) is 0 Å². The predicted octanol–water partition coefficient (Wildman–Crippen LogP) is 4.54. The molecule has 0 aliphatic heterocycles. The summed E-state index contributed by atoms with van der Waals surface area (Å²) in [5.41, 5.74) is 0.602. The van der Waals surface area contributed by atoms with Gasteiger partial charge in [0, 0.05) is 10.7 Å². The van der Waals surface area contributed by atoms with E-state index in [0.717, 1.165) is 6.07 Å². The average molecular weight is 328 g/mol. The summed E-state index contributed by atoms with van der Waals surface area (Å²) in [6.45, 7) is 1.57. The van der Waals surface area contributed by atoms with Crippen molar-refractivity contribution >= 4 is 34.8 Å². The van der Waals surface area contributed by atoms with Crippen LogP contribution >= 0.6 is 23.2 Å². The third-order valence-electron chi connectivity index (χ3n) is 2.68. The summed E-state index contributed by atoms with van der Waals surface area (Å²) in [7, 11) is 0. The molecule has 0 aliphatic rings. The molecule has 21 heavy (non-hydrogen) atoms. The topological polar surface area (TPSA) is 38.3 Å². The first-order chi connectivity index (χ1) is 9.95. The van der Waals surface area contributed by atoms with Gasteiger partial charge in [0.1, 0.15) is 11.6 Å². The van der Waals surface area contributed by atoms with Crippen LogP contribution in [-0.2, 0) is 4.79 Å². The first kappa shape index (κ1) is 15.6. The van der Waals surface area contributed by atoms with Crippen molar-refractivity contribution < 1.29 is 13.9 Å². The Morgan fingerprint density at radius 3 is 2.48 bits per heavy atom. The quantitative estimate of drug-likeness (QED) is 0.895. The van der Waals surface area contributed by atoms with E-state index < -0.39 is 11.9 Å². The molecule has 0 aromatic heterocycles. The summed E-state index contributed by atoms with van der Waals surface area (Å²) < 4.78 is 18.4. The maximum absolute atomic E-state index is 12.9. The number of rotatable bonds is 4. The van der Waals surface area contributed by atoms with Gasteiger partial charge < -0.3 is 10.1 Å². The third kappa shape index (κ3) is 4.34. The standard InChI is InChI=1S/C15H12Cl2FNO2/c1-9(21-14-7-4-11(18)8-13(14)17)15(20)19-12-5-2-10(16)3-6-12/h2-9H,1H3,(H,19,20)/t9-/m1/s1. The van der Waals surface area contributed by atoms with E-state index in [1.54, 1.807) is 31.2 Å². The SMILES string of the molecule is C[C@@H](Oc1ccc(F)cc1Cl)C(=O)Nc1ccc(Cl)cc1. The van der Waals surface area contributed by atoms with Crippen LogP contribution in [0.15, 0.2) is 42.5 Å². The molecule has 0 fully saturated rings. The van der Waals surface area contributed by atoms with Crippen LogP contribution in [0.25, 0.3) is 0 Å². The molecule has 3 nitrogen and oxygen atoms in total. The lowest BCUT2D eigenvalue weighted by atomic mass is 10.3. The minimum absolute atomic E-state index is 0.112. The van der Waals surface area contributed by atoms with Gasteiger partial charge in [-0.2, -0.15) is 0 Å². The Morgan fingerprint density at radius 2 is 1.86 bits per heavy atom. The molecule has 0 saturated heterocycles. The van der Waals surface area contributed by atoms with Crippen LogP contribution in [0.4, 0.5) is 10.1 Å². The maximum Gasteiger partial charge on any atom is 0.265 e. The van der Waals surface area contributed by atoms with Crippen molar-refractivity contribution in [3.05, 3.63) is 58.3 Å². The number of carbonyl (C=O) groups is 1. The fourth-order valence-electron chi connectivity index (χ4n) is 1.59. The van der Waals surface area contributed by atoms with Crippen molar-refractivity contribution in [2.75, 3.05) is 5.32 Å². The molecule has 110 valence electrons. The third-order valence-corrected chi connectivity index (χ3v) is 3.23. The fraction of sp³-hybridized carbons (Fsp3) is 0.133. The zero-order valence-electron chi connectivity index (χ0n) is 11.1. The second-order valence-electron chi connectivity index (χ2n) is 4.33. The zero-order chi connectivity index (χ0) is 15.4. The molecule has 2 aromatic carbocycles. The highest BCUT2D eigenvalue weighted by molar-refractivity contribution is 6.32. The van der Waals surface area contributed by atoms with E-state index in [1.807, 2.05) is 0 Å². The van der Waals surface area contributed by atoms with E-state index in [2.05, 4.69) is 5.32 Å². The van der Waals surface area contributed by atoms with E-state index in [4.69, 9.17) is 27.9 Å². The molecule has 0 unspecified atom stereocenters. The molecule has 1 atom stereocenters. The minimum atomic E-state index is -0.788. The monoisotopic (exact) mass is 327 g/mol. The molecule has 2 aromatic rings. The average Bonchev–Trinajstić information content (AvgIpc) is 2.44. The van der Waals surface area contributed by atoms with Crippen LogP contribution < -0.4 is 10.1 Å². The summed E-state index contributed by atoms with van der Waals surface area (Å²) >= 11 is 11.6. The number of carbonyl (C=O) groups excluding carboxylic acids is 1. The van der Waals surface area contributed by atoms with Gasteiger partial charge in [0.2, 0.25) is 0 Å². The number of benzene rings is 2. The second kappa shape index (κ2) is 6.78. The molecule has 0 saturated carbocycles. The second-order valence-corrected chi connectivity index (χ2v) is 5.17. The molecule has 2 rings (SSSR count). The van der Waals surface area contributed by atoms with E-state index in [-0.39, 0.29) is 16.7 Å². The van der Waals surface area contributed by atoms with Gasteiger partial charge in [0.25, 0.3) is 5.91 Å².